The molecule has 1 atom stereocenters. The van der Waals surface area contributed by atoms with E-state index in [-0.39, 0.29) is 5.56 Å². The van der Waals surface area contributed by atoms with Crippen molar-refractivity contribution in [1.29, 1.82) is 0 Å². The Morgan fingerprint density at radius 3 is 2.86 bits per heavy atom. The maximum Gasteiger partial charge on any atom is 0.262 e. The Bertz CT molecular complexity index is 1290. The van der Waals surface area contributed by atoms with Gasteiger partial charge in [0, 0.05) is 13.1 Å². The Labute approximate surface area is 169 Å². The van der Waals surface area contributed by atoms with Gasteiger partial charge < -0.3 is 0 Å². The zero-order valence-electron chi connectivity index (χ0n) is 17.1. The van der Waals surface area contributed by atoms with E-state index >= 15 is 0 Å². The van der Waals surface area contributed by atoms with Gasteiger partial charge in [0.15, 0.2) is 5.82 Å². The first-order chi connectivity index (χ1) is 14.0. The van der Waals surface area contributed by atoms with Crippen molar-refractivity contribution in [3.63, 3.8) is 0 Å². The van der Waals surface area contributed by atoms with Crippen LogP contribution in [0.15, 0.2) is 47.3 Å². The molecule has 1 aliphatic carbocycles. The standard InChI is InChI=1S/C23H25N5O/c1-15-11-12-20-18(13-15)22(29)27(3)23-25-24-21(28(20)23)14-26(2)19-10-6-8-16-7-4-5-9-17(16)19/h4-5,7,9,11-13,19H,6,8,10,14H2,1-3H3. The third-order valence-corrected chi connectivity index (χ3v) is 6.20. The van der Waals surface area contributed by atoms with Crippen LogP contribution < -0.4 is 5.56 Å². The van der Waals surface area contributed by atoms with Crippen LogP contribution in [0, 0.1) is 6.92 Å². The van der Waals surface area contributed by atoms with Crippen molar-refractivity contribution in [3.05, 3.63) is 75.3 Å². The van der Waals surface area contributed by atoms with E-state index in [9.17, 15) is 4.79 Å². The zero-order valence-corrected chi connectivity index (χ0v) is 17.1. The fourth-order valence-electron chi connectivity index (χ4n) is 4.68. The monoisotopic (exact) mass is 387 g/mol. The first-order valence-electron chi connectivity index (χ1n) is 10.2. The van der Waals surface area contributed by atoms with E-state index in [1.807, 2.05) is 29.5 Å². The normalized spacial score (nSPS) is 16.6. The second-order valence-electron chi connectivity index (χ2n) is 8.16. The van der Waals surface area contributed by atoms with Crippen molar-refractivity contribution in [2.24, 2.45) is 7.05 Å². The van der Waals surface area contributed by atoms with Gasteiger partial charge in [0.05, 0.1) is 17.4 Å². The van der Waals surface area contributed by atoms with Crippen molar-refractivity contribution in [2.45, 2.75) is 38.8 Å². The van der Waals surface area contributed by atoms with Crippen molar-refractivity contribution < 1.29 is 0 Å². The average Bonchev–Trinajstić information content (AvgIpc) is 3.15. The summed E-state index contributed by atoms with van der Waals surface area (Å²) < 4.78 is 3.62. The van der Waals surface area contributed by atoms with Gasteiger partial charge in [0.25, 0.3) is 5.56 Å². The van der Waals surface area contributed by atoms with Gasteiger partial charge in [-0.25, -0.2) is 0 Å². The Balaban J connectivity index is 1.60. The predicted molar refractivity (Wildman–Crippen MR) is 114 cm³/mol. The lowest BCUT2D eigenvalue weighted by Gasteiger charge is -2.32. The molecule has 2 aromatic carbocycles. The predicted octanol–water partition coefficient (Wildman–Crippen LogP) is 3.40. The highest BCUT2D eigenvalue weighted by atomic mass is 16.1. The summed E-state index contributed by atoms with van der Waals surface area (Å²) in [7, 11) is 3.92. The van der Waals surface area contributed by atoms with Gasteiger partial charge in [-0.05, 0) is 56.5 Å². The molecule has 6 heteroatoms. The number of hydrogen-bond donors (Lipinski definition) is 0. The highest BCUT2D eigenvalue weighted by molar-refractivity contribution is 5.81. The molecular weight excluding hydrogens is 362 g/mol. The van der Waals surface area contributed by atoms with Gasteiger partial charge in [0.2, 0.25) is 5.78 Å². The number of nitrogens with zero attached hydrogens (tertiary/aromatic N) is 5. The van der Waals surface area contributed by atoms with Gasteiger partial charge in [-0.1, -0.05) is 35.9 Å². The minimum Gasteiger partial charge on any atom is -0.292 e. The van der Waals surface area contributed by atoms with Gasteiger partial charge in [-0.2, -0.15) is 0 Å². The second kappa shape index (κ2) is 6.81. The number of benzene rings is 2. The van der Waals surface area contributed by atoms with Crippen LogP contribution in [-0.4, -0.2) is 31.1 Å². The van der Waals surface area contributed by atoms with Gasteiger partial charge in [-0.3, -0.25) is 18.7 Å². The van der Waals surface area contributed by atoms with Crippen LogP contribution in [0.4, 0.5) is 0 Å². The summed E-state index contributed by atoms with van der Waals surface area (Å²) in [4.78, 5) is 15.1. The molecule has 0 saturated heterocycles. The highest BCUT2D eigenvalue weighted by Crippen LogP contribution is 2.34. The maximum atomic E-state index is 12.8. The fraction of sp³-hybridized carbons (Fsp3) is 0.348. The van der Waals surface area contributed by atoms with E-state index in [0.29, 0.717) is 23.8 Å². The van der Waals surface area contributed by atoms with Gasteiger partial charge in [0.1, 0.15) is 0 Å². The van der Waals surface area contributed by atoms with E-state index in [1.54, 1.807) is 11.6 Å². The maximum absolute atomic E-state index is 12.8. The lowest BCUT2D eigenvalue weighted by molar-refractivity contribution is 0.208. The third kappa shape index (κ3) is 2.86. The Hall–Kier alpha value is -2.99. The molecule has 29 heavy (non-hydrogen) atoms. The molecule has 0 fully saturated rings. The Kier molecular flexibility index (Phi) is 4.24. The van der Waals surface area contributed by atoms with Gasteiger partial charge >= 0.3 is 0 Å². The van der Waals surface area contributed by atoms with Crippen LogP contribution in [0.25, 0.3) is 16.7 Å². The minimum absolute atomic E-state index is 0.0373. The van der Waals surface area contributed by atoms with Crippen LogP contribution in [0.1, 0.15) is 41.4 Å². The summed E-state index contributed by atoms with van der Waals surface area (Å²) in [6.45, 7) is 2.67. The molecule has 2 heterocycles. The molecule has 0 bridgehead atoms. The van der Waals surface area contributed by atoms with Crippen molar-refractivity contribution in [1.82, 2.24) is 24.1 Å². The molecule has 148 valence electrons. The lowest BCUT2D eigenvalue weighted by atomic mass is 9.87. The molecule has 0 spiro atoms. The quantitative estimate of drug-likeness (QED) is 0.541. The summed E-state index contributed by atoms with van der Waals surface area (Å²) in [5, 5.41) is 9.52. The van der Waals surface area contributed by atoms with Crippen LogP contribution in [-0.2, 0) is 20.0 Å². The van der Waals surface area contributed by atoms with Crippen molar-refractivity contribution in [2.75, 3.05) is 7.05 Å². The molecule has 0 saturated carbocycles. The van der Waals surface area contributed by atoms with E-state index < -0.39 is 0 Å². The topological polar surface area (TPSA) is 55.4 Å². The van der Waals surface area contributed by atoms with Crippen LogP contribution in [0.2, 0.25) is 0 Å². The van der Waals surface area contributed by atoms with Crippen LogP contribution in [0.3, 0.4) is 0 Å². The number of aryl methyl sites for hydroxylation is 3. The van der Waals surface area contributed by atoms with Crippen molar-refractivity contribution in [3.8, 4) is 0 Å². The van der Waals surface area contributed by atoms with Gasteiger partial charge in [-0.15, -0.1) is 10.2 Å². The second-order valence-corrected chi connectivity index (χ2v) is 8.16. The molecule has 0 aliphatic heterocycles. The SMILES string of the molecule is Cc1ccc2c(c1)c(=O)n(C)c1nnc(CN(C)C3CCCc4ccccc43)n21. The van der Waals surface area contributed by atoms with Crippen molar-refractivity contribution >= 4 is 16.7 Å². The molecule has 6 nitrogen and oxygen atoms in total. The number of aromatic nitrogens is 4. The highest BCUT2D eigenvalue weighted by Gasteiger charge is 2.25. The summed E-state index contributed by atoms with van der Waals surface area (Å²) in [6.07, 6.45) is 3.49. The Morgan fingerprint density at radius 2 is 2.00 bits per heavy atom. The molecule has 0 radical (unpaired) electrons. The molecule has 0 N–H and O–H groups in total. The lowest BCUT2D eigenvalue weighted by Crippen LogP contribution is -2.28. The van der Waals surface area contributed by atoms with Crippen LogP contribution >= 0.6 is 0 Å². The van der Waals surface area contributed by atoms with E-state index in [1.165, 1.54) is 17.5 Å². The van der Waals surface area contributed by atoms with E-state index in [4.69, 9.17) is 0 Å². The molecular formula is C23H25N5O. The minimum atomic E-state index is -0.0373. The first kappa shape index (κ1) is 18.1. The molecule has 1 aliphatic rings. The largest absolute Gasteiger partial charge is 0.292 e. The molecule has 5 rings (SSSR count). The molecule has 4 aromatic rings. The first-order valence-corrected chi connectivity index (χ1v) is 10.2. The smallest absolute Gasteiger partial charge is 0.262 e. The van der Waals surface area contributed by atoms with Crippen LogP contribution in [0.5, 0.6) is 0 Å². The average molecular weight is 387 g/mol. The summed E-state index contributed by atoms with van der Waals surface area (Å²) in [6, 6.07) is 15.1. The molecule has 0 amide bonds. The van der Waals surface area contributed by atoms with E-state index in [0.717, 1.165) is 29.7 Å². The summed E-state index contributed by atoms with van der Waals surface area (Å²) in [5.41, 5.74) is 4.77. The summed E-state index contributed by atoms with van der Waals surface area (Å²) in [5.74, 6) is 1.44. The summed E-state index contributed by atoms with van der Waals surface area (Å²) >= 11 is 0. The number of hydrogen-bond acceptors (Lipinski definition) is 4. The fourth-order valence-corrected chi connectivity index (χ4v) is 4.68. The molecule has 2 aromatic heterocycles. The number of rotatable bonds is 3. The number of fused-ring (bicyclic) bond motifs is 4. The Morgan fingerprint density at radius 1 is 1.17 bits per heavy atom. The molecule has 1 unspecified atom stereocenters. The van der Waals surface area contributed by atoms with E-state index in [2.05, 4.69) is 46.4 Å². The zero-order chi connectivity index (χ0) is 20.1. The third-order valence-electron chi connectivity index (χ3n) is 6.20.